The van der Waals surface area contributed by atoms with Gasteiger partial charge in [-0.25, -0.2) is 4.98 Å². The largest absolute Gasteiger partial charge is 0.369 e. The van der Waals surface area contributed by atoms with E-state index in [1.54, 1.807) is 17.7 Å². The number of nitrogens with zero attached hydrogens (tertiary/aromatic N) is 3. The Morgan fingerprint density at radius 3 is 2.85 bits per heavy atom. The second-order valence-corrected chi connectivity index (χ2v) is 8.80. The van der Waals surface area contributed by atoms with Gasteiger partial charge in [-0.1, -0.05) is 0 Å². The van der Waals surface area contributed by atoms with Gasteiger partial charge in [0.05, 0.1) is 11.5 Å². The van der Waals surface area contributed by atoms with Crippen molar-refractivity contribution in [2.24, 2.45) is 0 Å². The number of nitrogens with one attached hydrogen (secondary N) is 2. The number of carbonyl (C=O) groups is 1. The first kappa shape index (κ1) is 17.3. The van der Waals surface area contributed by atoms with Gasteiger partial charge in [0.25, 0.3) is 5.91 Å². The fourth-order valence-corrected chi connectivity index (χ4v) is 6.03. The molecule has 1 spiro atoms. The van der Waals surface area contributed by atoms with E-state index in [-0.39, 0.29) is 11.5 Å². The molecule has 0 aromatic carbocycles. The molecule has 5 heterocycles. The molecule has 144 valence electrons. The van der Waals surface area contributed by atoms with E-state index in [1.165, 1.54) is 10.4 Å². The fraction of sp³-hybridized carbons (Fsp3) is 0.632. The minimum absolute atomic E-state index is 0.165. The van der Waals surface area contributed by atoms with Crippen LogP contribution < -0.4 is 5.32 Å². The van der Waals surface area contributed by atoms with Crippen molar-refractivity contribution in [3.05, 3.63) is 33.5 Å². The van der Waals surface area contributed by atoms with Crippen LogP contribution >= 0.6 is 11.3 Å². The summed E-state index contributed by atoms with van der Waals surface area (Å²) in [5.74, 6) is 1.49. The fourth-order valence-electron chi connectivity index (χ4n) is 4.65. The highest BCUT2D eigenvalue weighted by atomic mass is 32.1. The summed E-state index contributed by atoms with van der Waals surface area (Å²) in [6.07, 6.45) is 6.34. The first-order chi connectivity index (χ1) is 13.3. The lowest BCUT2D eigenvalue weighted by atomic mass is 9.86. The summed E-state index contributed by atoms with van der Waals surface area (Å²) < 4.78 is 6.26. The van der Waals surface area contributed by atoms with Gasteiger partial charge in [0.2, 0.25) is 0 Å². The first-order valence-corrected chi connectivity index (χ1v) is 10.7. The van der Waals surface area contributed by atoms with Crippen molar-refractivity contribution in [1.82, 2.24) is 25.4 Å². The maximum absolute atomic E-state index is 13.1. The van der Waals surface area contributed by atoms with Crippen LogP contribution in [0.2, 0.25) is 0 Å². The van der Waals surface area contributed by atoms with Crippen LogP contribution in [0.5, 0.6) is 0 Å². The summed E-state index contributed by atoms with van der Waals surface area (Å²) in [6.45, 7) is 4.28. The third-order valence-corrected chi connectivity index (χ3v) is 7.55. The zero-order valence-electron chi connectivity index (χ0n) is 15.4. The van der Waals surface area contributed by atoms with Crippen LogP contribution in [0.1, 0.15) is 57.5 Å². The number of piperidine rings is 2. The number of likely N-dealkylation sites (tertiary alicyclic amines) is 1. The molecule has 2 aromatic heterocycles. The first-order valence-electron chi connectivity index (χ1n) is 9.88. The molecular formula is C19H25N5O2S. The van der Waals surface area contributed by atoms with Crippen molar-refractivity contribution in [1.29, 1.82) is 0 Å². The molecule has 0 unspecified atom stereocenters. The monoisotopic (exact) mass is 387 g/mol. The number of H-pyrrole nitrogens is 1. The average molecular weight is 388 g/mol. The maximum Gasteiger partial charge on any atom is 0.263 e. The van der Waals surface area contributed by atoms with Gasteiger partial charge in [0.1, 0.15) is 17.8 Å². The highest BCUT2D eigenvalue weighted by Crippen LogP contribution is 2.44. The molecule has 2 fully saturated rings. The van der Waals surface area contributed by atoms with Crippen molar-refractivity contribution in [2.45, 2.75) is 43.6 Å². The molecule has 0 aliphatic carbocycles. The zero-order valence-corrected chi connectivity index (χ0v) is 16.2. The number of thiophene rings is 1. The van der Waals surface area contributed by atoms with E-state index in [1.807, 2.05) is 4.90 Å². The number of amides is 1. The van der Waals surface area contributed by atoms with Crippen LogP contribution in [0.3, 0.4) is 0 Å². The Hall–Kier alpha value is -1.77. The summed E-state index contributed by atoms with van der Waals surface area (Å²) in [7, 11) is 0. The Bertz CT molecular complexity index is 804. The van der Waals surface area contributed by atoms with Crippen molar-refractivity contribution < 1.29 is 9.53 Å². The second-order valence-electron chi connectivity index (χ2n) is 7.74. The number of ether oxygens (including phenoxy) is 1. The molecular weight excluding hydrogens is 362 g/mol. The van der Waals surface area contributed by atoms with E-state index >= 15 is 0 Å². The van der Waals surface area contributed by atoms with Crippen molar-refractivity contribution >= 4 is 17.2 Å². The summed E-state index contributed by atoms with van der Waals surface area (Å²) in [6, 6.07) is 2.14. The van der Waals surface area contributed by atoms with Crippen molar-refractivity contribution in [3.63, 3.8) is 0 Å². The molecule has 1 amide bonds. The Balaban J connectivity index is 1.32. The van der Waals surface area contributed by atoms with E-state index < -0.39 is 0 Å². The van der Waals surface area contributed by atoms with E-state index in [2.05, 4.69) is 26.6 Å². The molecule has 5 rings (SSSR count). The van der Waals surface area contributed by atoms with Gasteiger partial charge in [-0.3, -0.25) is 9.89 Å². The molecule has 2 N–H and O–H groups in total. The van der Waals surface area contributed by atoms with Gasteiger partial charge in [-0.15, -0.1) is 11.3 Å². The minimum atomic E-state index is -0.165. The minimum Gasteiger partial charge on any atom is -0.369 e. The van der Waals surface area contributed by atoms with Crippen LogP contribution in [0.15, 0.2) is 12.4 Å². The zero-order chi connectivity index (χ0) is 18.3. The molecule has 2 aromatic rings. The molecule has 27 heavy (non-hydrogen) atoms. The number of rotatable bonds is 2. The number of fused-ring (bicyclic) bond motifs is 2. The highest BCUT2D eigenvalue weighted by molar-refractivity contribution is 7.14. The number of carbonyl (C=O) groups excluding carboxylic acids is 1. The highest BCUT2D eigenvalue weighted by Gasteiger charge is 2.41. The summed E-state index contributed by atoms with van der Waals surface area (Å²) >= 11 is 1.67. The van der Waals surface area contributed by atoms with Gasteiger partial charge < -0.3 is 15.0 Å². The summed E-state index contributed by atoms with van der Waals surface area (Å²) in [4.78, 5) is 21.6. The van der Waals surface area contributed by atoms with E-state index in [0.717, 1.165) is 75.6 Å². The Labute approximate surface area is 162 Å². The standard InChI is InChI=1S/C19H25N5O2S/c25-18(24-8-1-13(2-9-24)17-21-12-22-23-17)15-11-14-3-10-26-19(16(14)27-15)4-6-20-7-5-19/h11-13,20H,1-10H2,(H,21,22,23). The van der Waals surface area contributed by atoms with Crippen LogP contribution in [0, 0.1) is 0 Å². The van der Waals surface area contributed by atoms with Gasteiger partial charge in [0, 0.05) is 23.9 Å². The third-order valence-electron chi connectivity index (χ3n) is 6.20. The average Bonchev–Trinajstić information content (AvgIpc) is 3.39. The van der Waals surface area contributed by atoms with Crippen LogP contribution in [0.4, 0.5) is 0 Å². The smallest absolute Gasteiger partial charge is 0.263 e. The van der Waals surface area contributed by atoms with Gasteiger partial charge in [0.15, 0.2) is 0 Å². The Morgan fingerprint density at radius 2 is 2.11 bits per heavy atom. The molecule has 0 atom stereocenters. The van der Waals surface area contributed by atoms with Crippen LogP contribution in [0.25, 0.3) is 0 Å². The maximum atomic E-state index is 13.1. The summed E-state index contributed by atoms with van der Waals surface area (Å²) in [5, 5.41) is 10.3. The lowest BCUT2D eigenvalue weighted by Gasteiger charge is -2.40. The topological polar surface area (TPSA) is 83.1 Å². The number of hydrogen-bond acceptors (Lipinski definition) is 6. The lowest BCUT2D eigenvalue weighted by molar-refractivity contribution is -0.0771. The molecule has 3 aliphatic heterocycles. The second kappa shape index (κ2) is 7.00. The van der Waals surface area contributed by atoms with Gasteiger partial charge in [-0.2, -0.15) is 5.10 Å². The normalized spacial score (nSPS) is 22.7. The quantitative estimate of drug-likeness (QED) is 0.824. The third kappa shape index (κ3) is 3.09. The lowest BCUT2D eigenvalue weighted by Crippen LogP contribution is -2.44. The molecule has 3 aliphatic rings. The molecule has 0 radical (unpaired) electrons. The number of hydrogen-bond donors (Lipinski definition) is 2. The molecule has 8 heteroatoms. The van der Waals surface area contributed by atoms with E-state index in [4.69, 9.17) is 4.74 Å². The van der Waals surface area contributed by atoms with Gasteiger partial charge in [-0.05, 0) is 56.8 Å². The Morgan fingerprint density at radius 1 is 1.30 bits per heavy atom. The van der Waals surface area contributed by atoms with Gasteiger partial charge >= 0.3 is 0 Å². The molecule has 2 saturated heterocycles. The van der Waals surface area contributed by atoms with Crippen molar-refractivity contribution in [2.75, 3.05) is 32.8 Å². The summed E-state index contributed by atoms with van der Waals surface area (Å²) in [5.41, 5.74) is 1.16. The predicted molar refractivity (Wildman–Crippen MR) is 102 cm³/mol. The Kier molecular flexibility index (Phi) is 4.49. The number of aromatic nitrogens is 3. The van der Waals surface area contributed by atoms with E-state index in [9.17, 15) is 4.79 Å². The number of aromatic amines is 1. The van der Waals surface area contributed by atoms with Crippen LogP contribution in [-0.2, 0) is 16.8 Å². The van der Waals surface area contributed by atoms with E-state index in [0.29, 0.717) is 5.92 Å². The molecule has 0 saturated carbocycles. The SMILES string of the molecule is O=C(c1cc2c(s1)C1(CCNCC1)OCC2)N1CCC(c2ncn[nH]2)CC1. The molecule has 0 bridgehead atoms. The van der Waals surface area contributed by atoms with Crippen LogP contribution in [-0.4, -0.2) is 58.8 Å². The predicted octanol–water partition coefficient (Wildman–Crippen LogP) is 2.04. The van der Waals surface area contributed by atoms with Crippen molar-refractivity contribution in [3.8, 4) is 0 Å². The molecule has 7 nitrogen and oxygen atoms in total.